The lowest BCUT2D eigenvalue weighted by Crippen LogP contribution is -2.38. The van der Waals surface area contributed by atoms with E-state index >= 15 is 0 Å². The van der Waals surface area contributed by atoms with Crippen LogP contribution in [0, 0.1) is 17.6 Å². The fourth-order valence-corrected chi connectivity index (χ4v) is 3.30. The van der Waals surface area contributed by atoms with Gasteiger partial charge in [-0.3, -0.25) is 0 Å². The summed E-state index contributed by atoms with van der Waals surface area (Å²) in [5.74, 6) is -3.89. The predicted molar refractivity (Wildman–Crippen MR) is 99.8 cm³/mol. The molecule has 1 saturated heterocycles. The van der Waals surface area contributed by atoms with Crippen LogP contribution < -0.4 is 9.64 Å². The van der Waals surface area contributed by atoms with Gasteiger partial charge in [-0.15, -0.1) is 0 Å². The Kier molecular flexibility index (Phi) is 7.22. The number of rotatable bonds is 6. The van der Waals surface area contributed by atoms with E-state index in [0.29, 0.717) is 13.2 Å². The van der Waals surface area contributed by atoms with Crippen molar-refractivity contribution in [3.63, 3.8) is 0 Å². The summed E-state index contributed by atoms with van der Waals surface area (Å²) in [5.41, 5.74) is -0.355. The number of halogens is 2. The molecule has 0 amide bonds. The molecule has 164 valence electrons. The lowest BCUT2D eigenvalue weighted by atomic mass is 10.0. The first-order chi connectivity index (χ1) is 14.5. The Bertz CT molecular complexity index is 813. The van der Waals surface area contributed by atoms with Gasteiger partial charge in [0, 0.05) is 31.0 Å². The molecule has 2 aliphatic heterocycles. The summed E-state index contributed by atoms with van der Waals surface area (Å²) in [5, 5.41) is 0. The summed E-state index contributed by atoms with van der Waals surface area (Å²) in [6.45, 7) is 0.941. The first kappa shape index (κ1) is 22.0. The van der Waals surface area contributed by atoms with E-state index in [1.165, 1.54) is 0 Å². The molecular formula is C20H23F2NO7. The van der Waals surface area contributed by atoms with Gasteiger partial charge in [-0.05, 0) is 18.8 Å². The number of methoxy groups -OCH3 is 2. The molecule has 1 fully saturated rings. The Hall–Kier alpha value is -2.72. The molecule has 1 aromatic carbocycles. The van der Waals surface area contributed by atoms with Crippen molar-refractivity contribution < 1.29 is 42.1 Å². The topological polar surface area (TPSA) is 83.5 Å². The van der Waals surface area contributed by atoms with Crippen LogP contribution in [0.3, 0.4) is 0 Å². The van der Waals surface area contributed by atoms with Gasteiger partial charge in [0.1, 0.15) is 12.4 Å². The Morgan fingerprint density at radius 1 is 1.07 bits per heavy atom. The van der Waals surface area contributed by atoms with Crippen molar-refractivity contribution in [2.45, 2.75) is 12.8 Å². The zero-order chi connectivity index (χ0) is 21.7. The van der Waals surface area contributed by atoms with Crippen LogP contribution in [0.2, 0.25) is 0 Å². The third-order valence-electron chi connectivity index (χ3n) is 4.93. The lowest BCUT2D eigenvalue weighted by Gasteiger charge is -2.31. The van der Waals surface area contributed by atoms with Gasteiger partial charge in [0.25, 0.3) is 0 Å². The van der Waals surface area contributed by atoms with Crippen molar-refractivity contribution in [2.24, 2.45) is 5.92 Å². The molecule has 10 heteroatoms. The lowest BCUT2D eigenvalue weighted by molar-refractivity contribution is -0.140. The van der Waals surface area contributed by atoms with Gasteiger partial charge in [-0.1, -0.05) is 0 Å². The van der Waals surface area contributed by atoms with Crippen LogP contribution in [0.25, 0.3) is 0 Å². The number of ether oxygens (including phenoxy) is 5. The molecule has 2 heterocycles. The summed E-state index contributed by atoms with van der Waals surface area (Å²) in [7, 11) is 2.28. The van der Waals surface area contributed by atoms with Crippen molar-refractivity contribution in [2.75, 3.05) is 52.3 Å². The third-order valence-corrected chi connectivity index (χ3v) is 4.93. The molecule has 0 radical (unpaired) electrons. The van der Waals surface area contributed by atoms with Gasteiger partial charge in [0.05, 0.1) is 33.0 Å². The standard InChI is InChI=1S/C20H23F2NO7/c1-26-19(24)14-10-29-11-23(17(14)20(25)27-2)13-7-15(21)18(16(22)8-13)30-9-12-3-5-28-6-4-12/h7-8,12H,3-6,9-11H2,1-2H3. The molecule has 1 aromatic rings. The Balaban J connectivity index is 1.88. The number of anilines is 1. The third kappa shape index (κ3) is 4.71. The number of esters is 2. The fourth-order valence-electron chi connectivity index (χ4n) is 3.30. The number of carbonyl (C=O) groups excluding carboxylic acids is 2. The number of nitrogens with zero attached hydrogens (tertiary/aromatic N) is 1. The quantitative estimate of drug-likeness (QED) is 0.639. The van der Waals surface area contributed by atoms with Crippen molar-refractivity contribution in [3.8, 4) is 5.75 Å². The predicted octanol–water partition coefficient (Wildman–Crippen LogP) is 2.16. The zero-order valence-corrected chi connectivity index (χ0v) is 16.7. The van der Waals surface area contributed by atoms with Crippen LogP contribution in [0.4, 0.5) is 14.5 Å². The van der Waals surface area contributed by atoms with E-state index in [2.05, 4.69) is 4.74 Å². The maximum atomic E-state index is 14.7. The Morgan fingerprint density at radius 3 is 2.30 bits per heavy atom. The molecule has 30 heavy (non-hydrogen) atoms. The minimum Gasteiger partial charge on any atom is -0.487 e. The van der Waals surface area contributed by atoms with Crippen molar-refractivity contribution in [1.82, 2.24) is 0 Å². The molecule has 3 rings (SSSR count). The molecule has 0 saturated carbocycles. The average Bonchev–Trinajstić information content (AvgIpc) is 2.77. The summed E-state index contributed by atoms with van der Waals surface area (Å²) in [4.78, 5) is 25.5. The van der Waals surface area contributed by atoms with Crippen molar-refractivity contribution in [3.05, 3.63) is 35.0 Å². The second kappa shape index (κ2) is 9.86. The van der Waals surface area contributed by atoms with Crippen LogP contribution >= 0.6 is 0 Å². The molecule has 8 nitrogen and oxygen atoms in total. The normalized spacial score (nSPS) is 17.7. The summed E-state index contributed by atoms with van der Waals surface area (Å²) >= 11 is 0. The van der Waals surface area contributed by atoms with Crippen LogP contribution in [-0.2, 0) is 28.5 Å². The van der Waals surface area contributed by atoms with Crippen LogP contribution in [0.1, 0.15) is 12.8 Å². The highest BCUT2D eigenvalue weighted by Gasteiger charge is 2.33. The Labute approximate surface area is 172 Å². The van der Waals surface area contributed by atoms with Crippen LogP contribution in [0.15, 0.2) is 23.4 Å². The maximum absolute atomic E-state index is 14.7. The first-order valence-electron chi connectivity index (χ1n) is 9.40. The van der Waals surface area contributed by atoms with Gasteiger partial charge < -0.3 is 28.6 Å². The number of hydrogen-bond acceptors (Lipinski definition) is 8. The van der Waals surface area contributed by atoms with Crippen LogP contribution in [0.5, 0.6) is 5.75 Å². The second-order valence-electron chi connectivity index (χ2n) is 6.82. The number of benzene rings is 1. The molecule has 0 spiro atoms. The van der Waals surface area contributed by atoms with Gasteiger partial charge in [0.15, 0.2) is 17.4 Å². The Morgan fingerprint density at radius 2 is 1.70 bits per heavy atom. The highest BCUT2D eigenvalue weighted by molar-refractivity contribution is 6.03. The molecule has 0 atom stereocenters. The first-order valence-corrected chi connectivity index (χ1v) is 9.40. The van der Waals surface area contributed by atoms with Gasteiger partial charge in [0.2, 0.25) is 0 Å². The minimum atomic E-state index is -0.938. The summed E-state index contributed by atoms with van der Waals surface area (Å²) in [6, 6.07) is 2.02. The van der Waals surface area contributed by atoms with E-state index in [4.69, 9.17) is 18.9 Å². The number of carbonyl (C=O) groups is 2. The zero-order valence-electron chi connectivity index (χ0n) is 16.7. The highest BCUT2D eigenvalue weighted by atomic mass is 19.1. The number of hydrogen-bond donors (Lipinski definition) is 0. The van der Waals surface area contributed by atoms with E-state index in [9.17, 15) is 18.4 Å². The summed E-state index contributed by atoms with van der Waals surface area (Å²) < 4.78 is 54.7. The molecule has 0 aliphatic carbocycles. The molecular weight excluding hydrogens is 404 g/mol. The van der Waals surface area contributed by atoms with Gasteiger partial charge >= 0.3 is 11.9 Å². The average molecular weight is 427 g/mol. The van der Waals surface area contributed by atoms with E-state index < -0.39 is 29.3 Å². The van der Waals surface area contributed by atoms with Gasteiger partial charge in [-0.25, -0.2) is 18.4 Å². The summed E-state index contributed by atoms with van der Waals surface area (Å²) in [6.07, 6.45) is 1.52. The SMILES string of the molecule is COC(=O)C1=C(C(=O)OC)N(c2cc(F)c(OCC3CCOCC3)c(F)c2)COC1. The molecule has 0 unspecified atom stereocenters. The fraction of sp³-hybridized carbons (Fsp3) is 0.500. The smallest absolute Gasteiger partial charge is 0.355 e. The van der Waals surface area contributed by atoms with E-state index in [0.717, 1.165) is 44.1 Å². The van der Waals surface area contributed by atoms with Crippen molar-refractivity contribution in [1.29, 1.82) is 0 Å². The van der Waals surface area contributed by atoms with Crippen molar-refractivity contribution >= 4 is 17.6 Å². The molecule has 0 bridgehead atoms. The highest BCUT2D eigenvalue weighted by Crippen LogP contribution is 2.33. The van der Waals surface area contributed by atoms with E-state index in [1.807, 2.05) is 0 Å². The molecule has 0 aromatic heterocycles. The second-order valence-corrected chi connectivity index (χ2v) is 6.82. The van der Waals surface area contributed by atoms with E-state index in [-0.39, 0.29) is 42.8 Å². The van der Waals surface area contributed by atoms with E-state index in [1.54, 1.807) is 0 Å². The minimum absolute atomic E-state index is 0.0371. The maximum Gasteiger partial charge on any atom is 0.355 e. The molecule has 2 aliphatic rings. The largest absolute Gasteiger partial charge is 0.487 e. The monoisotopic (exact) mass is 427 g/mol. The van der Waals surface area contributed by atoms with Gasteiger partial charge in [-0.2, -0.15) is 0 Å². The molecule has 0 N–H and O–H groups in total. The van der Waals surface area contributed by atoms with Crippen LogP contribution in [-0.4, -0.2) is 59.3 Å².